The molecule has 44 valence electrons. The molecule has 0 saturated heterocycles. The summed E-state index contributed by atoms with van der Waals surface area (Å²) >= 11 is 11.6. The quantitative estimate of drug-likeness (QED) is 0.525. The van der Waals surface area contributed by atoms with E-state index in [2.05, 4.69) is 35.3 Å². The maximum atomic E-state index is 3.96. The van der Waals surface area contributed by atoms with Crippen molar-refractivity contribution in [3.05, 3.63) is 10.8 Å². The monoisotopic (exact) mass is 180 g/mol. The average molecular weight is 180 g/mol. The molecule has 0 bridgehead atoms. The van der Waals surface area contributed by atoms with Crippen LogP contribution in [0.4, 0.5) is 0 Å². The Hall–Kier alpha value is 0.660. The maximum absolute atomic E-state index is 3.96. The van der Waals surface area contributed by atoms with Gasteiger partial charge in [-0.1, -0.05) is 0 Å². The van der Waals surface area contributed by atoms with Crippen LogP contribution in [0.3, 0.4) is 0 Å². The zero-order valence-electron chi connectivity index (χ0n) is 3.99. The lowest BCUT2D eigenvalue weighted by molar-refractivity contribution is 2.33. The Morgan fingerprint density at radius 1 is 1.25 bits per heavy atom. The first-order chi connectivity index (χ1) is 3.91. The fourth-order valence-electron chi connectivity index (χ4n) is 0.196. The SMILES string of the molecule is C1=CSCS1.S=C=S. The van der Waals surface area contributed by atoms with E-state index < -0.39 is 0 Å². The van der Waals surface area contributed by atoms with Gasteiger partial charge in [0.25, 0.3) is 0 Å². The largest absolute Gasteiger partial charge is 0.122 e. The van der Waals surface area contributed by atoms with Crippen molar-refractivity contribution >= 4 is 52.3 Å². The second-order valence-electron chi connectivity index (χ2n) is 0.807. The van der Waals surface area contributed by atoms with E-state index in [1.807, 2.05) is 27.8 Å². The highest BCUT2D eigenvalue weighted by Crippen LogP contribution is 2.22. The van der Waals surface area contributed by atoms with Gasteiger partial charge in [0.1, 0.15) is 0 Å². The van der Waals surface area contributed by atoms with Crippen LogP contribution in [0.5, 0.6) is 0 Å². The summed E-state index contributed by atoms with van der Waals surface area (Å²) < 4.78 is 1.92. The maximum Gasteiger partial charge on any atom is 0.0475 e. The highest BCUT2D eigenvalue weighted by atomic mass is 32.2. The van der Waals surface area contributed by atoms with Crippen LogP contribution in [0, 0.1) is 0 Å². The second-order valence-corrected chi connectivity index (χ2v) is 3.63. The molecule has 0 aliphatic carbocycles. The van der Waals surface area contributed by atoms with Crippen molar-refractivity contribution in [2.75, 3.05) is 5.08 Å². The predicted octanol–water partition coefficient (Wildman–Crippen LogP) is 2.91. The smallest absolute Gasteiger partial charge is 0.0475 e. The Balaban J connectivity index is 0.000000145. The van der Waals surface area contributed by atoms with Crippen molar-refractivity contribution in [3.8, 4) is 0 Å². The third-order valence-electron chi connectivity index (χ3n) is 0.384. The normalized spacial score (nSPS) is 14.0. The highest BCUT2D eigenvalue weighted by molar-refractivity contribution is 8.21. The third-order valence-corrected chi connectivity index (χ3v) is 2.30. The Bertz CT molecular complexity index is 94.6. The number of thiocarbonyl (C=S) groups is 2. The molecule has 0 nitrogen and oxygen atoms in total. The van der Waals surface area contributed by atoms with Crippen LogP contribution in [-0.4, -0.2) is 9.40 Å². The summed E-state index contributed by atoms with van der Waals surface area (Å²) in [5.41, 5.74) is 0. The molecule has 0 amide bonds. The molecule has 4 heteroatoms. The van der Waals surface area contributed by atoms with Gasteiger partial charge >= 0.3 is 0 Å². The van der Waals surface area contributed by atoms with Crippen LogP contribution in [0.15, 0.2) is 10.8 Å². The molecule has 0 aromatic carbocycles. The molecule has 1 aliphatic rings. The zero-order chi connectivity index (χ0) is 6.24. The van der Waals surface area contributed by atoms with Gasteiger partial charge in [0, 0.05) is 9.40 Å². The molecule has 0 N–H and O–H groups in total. The van der Waals surface area contributed by atoms with E-state index in [-0.39, 0.29) is 0 Å². The van der Waals surface area contributed by atoms with Gasteiger partial charge in [-0.05, 0) is 35.3 Å². The molecule has 1 rings (SSSR count). The van der Waals surface area contributed by atoms with E-state index in [0.29, 0.717) is 0 Å². The first-order valence-corrected chi connectivity index (χ1v) is 4.70. The molecule has 1 heterocycles. The Morgan fingerprint density at radius 3 is 1.75 bits per heavy atom. The first kappa shape index (κ1) is 8.66. The zero-order valence-corrected chi connectivity index (χ0v) is 7.26. The first-order valence-electron chi connectivity index (χ1n) is 1.79. The van der Waals surface area contributed by atoms with Gasteiger partial charge in [-0.3, -0.25) is 0 Å². The van der Waals surface area contributed by atoms with E-state index in [1.165, 1.54) is 5.08 Å². The van der Waals surface area contributed by atoms with E-state index >= 15 is 0 Å². The molecule has 8 heavy (non-hydrogen) atoms. The minimum Gasteiger partial charge on any atom is -0.122 e. The Kier molecular flexibility index (Phi) is 8.29. The molecular weight excluding hydrogens is 176 g/mol. The molecule has 0 spiro atoms. The van der Waals surface area contributed by atoms with Gasteiger partial charge in [-0.2, -0.15) is 0 Å². The Morgan fingerprint density at radius 2 is 1.62 bits per heavy atom. The lowest BCUT2D eigenvalue weighted by atomic mass is 11.3. The van der Waals surface area contributed by atoms with E-state index in [0.717, 1.165) is 0 Å². The van der Waals surface area contributed by atoms with E-state index in [9.17, 15) is 0 Å². The molecule has 0 aromatic rings. The lowest BCUT2D eigenvalue weighted by Crippen LogP contribution is -1.42. The van der Waals surface area contributed by atoms with Crippen LogP contribution in [0.25, 0.3) is 0 Å². The minimum atomic E-state index is 1.22. The summed E-state index contributed by atoms with van der Waals surface area (Å²) in [5.74, 6) is 0. The molecule has 1 aliphatic heterocycles. The highest BCUT2D eigenvalue weighted by Gasteiger charge is 1.85. The molecule has 0 saturated carbocycles. The number of hydrogen-bond acceptors (Lipinski definition) is 4. The van der Waals surface area contributed by atoms with E-state index in [1.54, 1.807) is 0 Å². The molecule has 0 atom stereocenters. The fourth-order valence-corrected chi connectivity index (χ4v) is 1.77. The van der Waals surface area contributed by atoms with E-state index in [4.69, 9.17) is 0 Å². The predicted molar refractivity (Wildman–Crippen MR) is 49.4 cm³/mol. The van der Waals surface area contributed by atoms with Crippen molar-refractivity contribution in [3.63, 3.8) is 0 Å². The number of hydrogen-bond donors (Lipinski definition) is 0. The van der Waals surface area contributed by atoms with Gasteiger partial charge in [0.05, 0.1) is 0 Å². The summed E-state index contributed by atoms with van der Waals surface area (Å²) in [6.07, 6.45) is 0. The van der Waals surface area contributed by atoms with Crippen LogP contribution in [0.2, 0.25) is 0 Å². The molecular formula is C4H4S4. The fraction of sp³-hybridized carbons (Fsp3) is 0.250. The number of thioether (sulfide) groups is 2. The third kappa shape index (κ3) is 6.66. The van der Waals surface area contributed by atoms with Crippen LogP contribution < -0.4 is 0 Å². The second kappa shape index (κ2) is 7.66. The van der Waals surface area contributed by atoms with Gasteiger partial charge in [0.2, 0.25) is 0 Å². The summed E-state index contributed by atoms with van der Waals surface area (Å²) in [6, 6.07) is 0. The summed E-state index contributed by atoms with van der Waals surface area (Å²) in [6.45, 7) is 0. The lowest BCUT2D eigenvalue weighted by Gasteiger charge is -1.69. The summed E-state index contributed by atoms with van der Waals surface area (Å²) in [5, 5.41) is 5.45. The minimum absolute atomic E-state index is 1.22. The van der Waals surface area contributed by atoms with Gasteiger partial charge in [-0.25, -0.2) is 0 Å². The summed E-state index contributed by atoms with van der Waals surface area (Å²) in [4.78, 5) is 0. The van der Waals surface area contributed by atoms with Crippen molar-refractivity contribution in [1.82, 2.24) is 0 Å². The van der Waals surface area contributed by atoms with Gasteiger partial charge in [0.15, 0.2) is 0 Å². The van der Waals surface area contributed by atoms with Gasteiger partial charge in [-0.15, -0.1) is 23.5 Å². The van der Waals surface area contributed by atoms with Crippen LogP contribution in [-0.2, 0) is 0 Å². The average Bonchev–Trinajstić information content (AvgIpc) is 2.17. The van der Waals surface area contributed by atoms with Crippen molar-refractivity contribution in [2.45, 2.75) is 0 Å². The number of rotatable bonds is 0. The van der Waals surface area contributed by atoms with Gasteiger partial charge < -0.3 is 0 Å². The summed E-state index contributed by atoms with van der Waals surface area (Å²) in [7, 11) is 0. The standard InChI is InChI=1S/C3H4S2.CS2/c1-2-5-3-4-1;2-1-3/h1-2H,3H2;. The molecule has 0 unspecified atom stereocenters. The van der Waals surface area contributed by atoms with Crippen molar-refractivity contribution < 1.29 is 0 Å². The van der Waals surface area contributed by atoms with Crippen LogP contribution >= 0.6 is 48.0 Å². The molecule has 0 radical (unpaired) electrons. The molecule has 0 fully saturated rings. The van der Waals surface area contributed by atoms with Crippen molar-refractivity contribution in [1.29, 1.82) is 0 Å². The Labute approximate surface area is 68.1 Å². The molecule has 0 aromatic heterocycles. The van der Waals surface area contributed by atoms with Crippen molar-refractivity contribution in [2.24, 2.45) is 0 Å². The topological polar surface area (TPSA) is 0 Å². The van der Waals surface area contributed by atoms with Crippen LogP contribution in [0.1, 0.15) is 0 Å².